The number of amides is 1. The van der Waals surface area contributed by atoms with E-state index in [2.05, 4.69) is 51.0 Å². The number of carbonyl (C=O) groups excluding carboxylic acids is 1. The molecule has 0 saturated carbocycles. The molecule has 2 aliphatic rings. The molecule has 29 heavy (non-hydrogen) atoms. The summed E-state index contributed by atoms with van der Waals surface area (Å²) in [5, 5.41) is 4.09. The molecule has 7 heteroatoms. The predicted molar refractivity (Wildman–Crippen MR) is 113 cm³/mol. The minimum absolute atomic E-state index is 0.0604. The fourth-order valence-electron chi connectivity index (χ4n) is 4.27. The number of aromatic nitrogens is 1. The number of rotatable bonds is 5. The van der Waals surface area contributed by atoms with Crippen LogP contribution < -0.4 is 4.90 Å². The van der Waals surface area contributed by atoms with Crippen molar-refractivity contribution in [3.63, 3.8) is 0 Å². The van der Waals surface area contributed by atoms with Crippen molar-refractivity contribution >= 4 is 11.6 Å². The van der Waals surface area contributed by atoms with Gasteiger partial charge in [0, 0.05) is 70.7 Å². The minimum atomic E-state index is -0.0604. The highest BCUT2D eigenvalue weighted by molar-refractivity contribution is 5.81. The molecule has 1 aromatic carbocycles. The van der Waals surface area contributed by atoms with Crippen LogP contribution in [0.4, 0.5) is 5.69 Å². The molecule has 1 unspecified atom stereocenters. The lowest BCUT2D eigenvalue weighted by molar-refractivity contribution is -0.137. The van der Waals surface area contributed by atoms with Crippen molar-refractivity contribution in [3.05, 3.63) is 47.9 Å². The molecule has 1 aromatic heterocycles. The third-order valence-corrected chi connectivity index (χ3v) is 6.09. The normalized spacial score (nSPS) is 20.1. The van der Waals surface area contributed by atoms with Crippen molar-refractivity contribution in [2.75, 3.05) is 57.3 Å². The van der Waals surface area contributed by atoms with Gasteiger partial charge in [0.15, 0.2) is 0 Å². The molecule has 156 valence electrons. The minimum Gasteiger partial charge on any atom is -0.368 e. The zero-order chi connectivity index (χ0) is 20.2. The number of benzene rings is 1. The molecule has 7 nitrogen and oxygen atoms in total. The van der Waals surface area contributed by atoms with Gasteiger partial charge in [-0.15, -0.1) is 0 Å². The second kappa shape index (κ2) is 8.97. The molecule has 4 rings (SSSR count). The van der Waals surface area contributed by atoms with Crippen LogP contribution in [0.3, 0.4) is 0 Å². The van der Waals surface area contributed by atoms with Crippen molar-refractivity contribution < 1.29 is 9.32 Å². The van der Waals surface area contributed by atoms with Gasteiger partial charge in [0.2, 0.25) is 5.91 Å². The molecule has 3 heterocycles. The molecule has 2 saturated heterocycles. The lowest BCUT2D eigenvalue weighted by Crippen LogP contribution is -2.57. The molecule has 2 fully saturated rings. The first kappa shape index (κ1) is 19.9. The summed E-state index contributed by atoms with van der Waals surface area (Å²) in [7, 11) is 0. The van der Waals surface area contributed by atoms with Gasteiger partial charge in [-0.3, -0.25) is 14.6 Å². The lowest BCUT2D eigenvalue weighted by Gasteiger charge is -2.41. The first-order chi connectivity index (χ1) is 14.1. The highest BCUT2D eigenvalue weighted by Crippen LogP contribution is 2.17. The quantitative estimate of drug-likeness (QED) is 0.767. The Labute approximate surface area is 172 Å². The first-order valence-electron chi connectivity index (χ1n) is 10.6. The number of anilines is 1. The molecule has 1 atom stereocenters. The van der Waals surface area contributed by atoms with Gasteiger partial charge in [-0.2, -0.15) is 0 Å². The van der Waals surface area contributed by atoms with Gasteiger partial charge in [-0.05, 0) is 26.0 Å². The van der Waals surface area contributed by atoms with E-state index in [-0.39, 0.29) is 11.9 Å². The standard InChI is InChI=1S/C22H31N5O2/c1-18-16-20(23-29-18)17-24-8-10-25(11-9-24)19(2)22(28)27-14-12-26(13-15-27)21-6-4-3-5-7-21/h3-7,16,19H,8-15,17H2,1-2H3. The Bertz CT molecular complexity index is 793. The maximum atomic E-state index is 13.0. The number of nitrogens with zero attached hydrogens (tertiary/aromatic N) is 5. The summed E-state index contributed by atoms with van der Waals surface area (Å²) < 4.78 is 5.16. The molecule has 0 aliphatic carbocycles. The molecule has 0 radical (unpaired) electrons. The number of carbonyl (C=O) groups is 1. The monoisotopic (exact) mass is 397 g/mol. The summed E-state index contributed by atoms with van der Waals surface area (Å²) >= 11 is 0. The Morgan fingerprint density at radius 2 is 1.72 bits per heavy atom. The van der Waals surface area contributed by atoms with Gasteiger partial charge in [0.05, 0.1) is 11.7 Å². The van der Waals surface area contributed by atoms with Crippen molar-refractivity contribution in [1.82, 2.24) is 19.9 Å². The van der Waals surface area contributed by atoms with Crippen LogP contribution >= 0.6 is 0 Å². The third-order valence-electron chi connectivity index (χ3n) is 6.09. The third kappa shape index (κ3) is 4.79. The summed E-state index contributed by atoms with van der Waals surface area (Å²) in [5.74, 6) is 1.11. The summed E-state index contributed by atoms with van der Waals surface area (Å²) in [4.78, 5) is 22.1. The van der Waals surface area contributed by atoms with Gasteiger partial charge in [-0.1, -0.05) is 23.4 Å². The molecule has 0 bridgehead atoms. The van der Waals surface area contributed by atoms with Crippen LogP contribution in [0, 0.1) is 6.92 Å². The topological polar surface area (TPSA) is 56.1 Å². The lowest BCUT2D eigenvalue weighted by atomic mass is 10.1. The zero-order valence-electron chi connectivity index (χ0n) is 17.5. The van der Waals surface area contributed by atoms with Crippen molar-refractivity contribution in [3.8, 4) is 0 Å². The maximum Gasteiger partial charge on any atom is 0.239 e. The van der Waals surface area contributed by atoms with Crippen LogP contribution in [0.15, 0.2) is 40.9 Å². The highest BCUT2D eigenvalue weighted by atomic mass is 16.5. The number of para-hydroxylation sites is 1. The smallest absolute Gasteiger partial charge is 0.239 e. The van der Waals surface area contributed by atoms with Gasteiger partial charge in [0.1, 0.15) is 5.76 Å². The largest absolute Gasteiger partial charge is 0.368 e. The van der Waals surface area contributed by atoms with Crippen LogP contribution in [-0.2, 0) is 11.3 Å². The summed E-state index contributed by atoms with van der Waals surface area (Å²) in [6.45, 7) is 11.9. The predicted octanol–water partition coefficient (Wildman–Crippen LogP) is 1.84. The molecular weight excluding hydrogens is 366 g/mol. The van der Waals surface area contributed by atoms with E-state index in [0.717, 1.165) is 70.4 Å². The molecule has 0 spiro atoms. The van der Waals surface area contributed by atoms with E-state index in [4.69, 9.17) is 4.52 Å². The van der Waals surface area contributed by atoms with E-state index in [1.54, 1.807) is 0 Å². The molecule has 1 amide bonds. The van der Waals surface area contributed by atoms with E-state index in [0.29, 0.717) is 0 Å². The Balaban J connectivity index is 1.24. The first-order valence-corrected chi connectivity index (χ1v) is 10.6. The second-order valence-electron chi connectivity index (χ2n) is 8.06. The van der Waals surface area contributed by atoms with E-state index < -0.39 is 0 Å². The van der Waals surface area contributed by atoms with Crippen molar-refractivity contribution in [2.24, 2.45) is 0 Å². The van der Waals surface area contributed by atoms with Crippen molar-refractivity contribution in [2.45, 2.75) is 26.4 Å². The Morgan fingerprint density at radius 1 is 1.03 bits per heavy atom. The Hall–Kier alpha value is -2.38. The van der Waals surface area contributed by atoms with E-state index in [9.17, 15) is 4.79 Å². The molecule has 2 aliphatic heterocycles. The van der Waals surface area contributed by atoms with Gasteiger partial charge in [0.25, 0.3) is 0 Å². The fraction of sp³-hybridized carbons (Fsp3) is 0.545. The summed E-state index contributed by atoms with van der Waals surface area (Å²) in [5.41, 5.74) is 2.22. The van der Waals surface area contributed by atoms with E-state index in [1.165, 1.54) is 5.69 Å². The van der Waals surface area contributed by atoms with Crippen molar-refractivity contribution in [1.29, 1.82) is 0 Å². The average Bonchev–Trinajstić information content (AvgIpc) is 3.18. The zero-order valence-corrected chi connectivity index (χ0v) is 17.5. The van der Waals surface area contributed by atoms with Crippen LogP contribution in [-0.4, -0.2) is 84.2 Å². The van der Waals surface area contributed by atoms with Crippen LogP contribution in [0.1, 0.15) is 18.4 Å². The number of hydrogen-bond acceptors (Lipinski definition) is 6. The van der Waals surface area contributed by atoms with Gasteiger partial charge < -0.3 is 14.3 Å². The fourth-order valence-corrected chi connectivity index (χ4v) is 4.27. The van der Waals surface area contributed by atoms with Crippen LogP contribution in [0.25, 0.3) is 0 Å². The van der Waals surface area contributed by atoms with E-state index in [1.807, 2.05) is 24.0 Å². The number of piperazine rings is 2. The number of hydrogen-bond donors (Lipinski definition) is 0. The SMILES string of the molecule is Cc1cc(CN2CCN(C(C)C(=O)N3CCN(c4ccccc4)CC3)CC2)no1. The van der Waals surface area contributed by atoms with Gasteiger partial charge >= 0.3 is 0 Å². The highest BCUT2D eigenvalue weighted by Gasteiger charge is 2.30. The Kier molecular flexibility index (Phi) is 6.16. The summed E-state index contributed by atoms with van der Waals surface area (Å²) in [6.07, 6.45) is 0. The van der Waals surface area contributed by atoms with Gasteiger partial charge in [-0.25, -0.2) is 0 Å². The Morgan fingerprint density at radius 3 is 2.34 bits per heavy atom. The molecule has 0 N–H and O–H groups in total. The molecular formula is C22H31N5O2. The summed E-state index contributed by atoms with van der Waals surface area (Å²) in [6, 6.07) is 12.4. The molecule has 2 aromatic rings. The average molecular weight is 398 g/mol. The van der Waals surface area contributed by atoms with E-state index >= 15 is 0 Å². The van der Waals surface area contributed by atoms with Crippen LogP contribution in [0.5, 0.6) is 0 Å². The second-order valence-corrected chi connectivity index (χ2v) is 8.06. The van der Waals surface area contributed by atoms with Crippen LogP contribution in [0.2, 0.25) is 0 Å². The maximum absolute atomic E-state index is 13.0. The number of aryl methyl sites for hydroxylation is 1.